The highest BCUT2D eigenvalue weighted by atomic mass is 35.7. The molecule has 4 nitrogen and oxygen atoms in total. The van der Waals surface area contributed by atoms with E-state index in [4.69, 9.17) is 10.7 Å². The molecule has 2 rings (SSSR count). The van der Waals surface area contributed by atoms with E-state index < -0.39 is 9.05 Å². The van der Waals surface area contributed by atoms with Crippen LogP contribution >= 0.6 is 10.7 Å². The second-order valence-corrected chi connectivity index (χ2v) is 7.59. The molecule has 0 aliphatic heterocycles. The van der Waals surface area contributed by atoms with Crippen molar-refractivity contribution >= 4 is 25.6 Å². The summed E-state index contributed by atoms with van der Waals surface area (Å²) in [6.45, 7) is 1.96. The molecule has 1 aliphatic carbocycles. The minimum Gasteiger partial charge on any atom is -0.350 e. The summed E-state index contributed by atoms with van der Waals surface area (Å²) in [5, 5.41) is 2.87. The summed E-state index contributed by atoms with van der Waals surface area (Å²) in [5.74, 6) is 0.458. The van der Waals surface area contributed by atoms with Crippen LogP contribution in [-0.4, -0.2) is 20.4 Å². The van der Waals surface area contributed by atoms with Crippen molar-refractivity contribution < 1.29 is 13.2 Å². The van der Waals surface area contributed by atoms with Gasteiger partial charge in [-0.2, -0.15) is 0 Å². The average molecular weight is 302 g/mol. The van der Waals surface area contributed by atoms with Gasteiger partial charge in [-0.15, -0.1) is 0 Å². The fourth-order valence-electron chi connectivity index (χ4n) is 2.01. The van der Waals surface area contributed by atoms with Gasteiger partial charge in [0.1, 0.15) is 0 Å². The van der Waals surface area contributed by atoms with Gasteiger partial charge in [0.2, 0.25) is 0 Å². The fraction of sp³-hybridized carbons (Fsp3) is 0.462. The van der Waals surface area contributed by atoms with Crippen LogP contribution in [0.2, 0.25) is 0 Å². The first-order valence-electron chi connectivity index (χ1n) is 6.22. The lowest BCUT2D eigenvalue weighted by atomic mass is 10.1. The average Bonchev–Trinajstić information content (AvgIpc) is 3.11. The number of rotatable bonds is 5. The molecular formula is C13H16ClNO3S. The number of carbonyl (C=O) groups is 1. The first-order chi connectivity index (χ1) is 8.86. The third kappa shape index (κ3) is 4.21. The molecular weight excluding hydrogens is 286 g/mol. The van der Waals surface area contributed by atoms with Gasteiger partial charge < -0.3 is 5.32 Å². The third-order valence-electron chi connectivity index (χ3n) is 3.14. The molecule has 0 spiro atoms. The highest BCUT2D eigenvalue weighted by Crippen LogP contribution is 2.33. The lowest BCUT2D eigenvalue weighted by Crippen LogP contribution is -2.32. The summed E-state index contributed by atoms with van der Waals surface area (Å²) in [6.07, 6.45) is 3.44. The highest BCUT2D eigenvalue weighted by molar-refractivity contribution is 8.13. The maximum absolute atomic E-state index is 12.0. The molecule has 1 saturated carbocycles. The van der Waals surface area contributed by atoms with E-state index in [0.29, 0.717) is 5.56 Å². The highest BCUT2D eigenvalue weighted by Gasteiger charge is 2.24. The molecule has 1 N–H and O–H groups in total. The molecule has 104 valence electrons. The zero-order valence-corrected chi connectivity index (χ0v) is 12.2. The lowest BCUT2D eigenvalue weighted by molar-refractivity contribution is 0.0937. The van der Waals surface area contributed by atoms with Crippen molar-refractivity contribution in [2.75, 3.05) is 0 Å². The van der Waals surface area contributed by atoms with Crippen LogP contribution in [0.5, 0.6) is 0 Å². The topological polar surface area (TPSA) is 63.2 Å². The van der Waals surface area contributed by atoms with E-state index in [0.717, 1.165) is 12.3 Å². The molecule has 0 bridgehead atoms. The molecule has 0 saturated heterocycles. The fourth-order valence-corrected chi connectivity index (χ4v) is 2.81. The largest absolute Gasteiger partial charge is 0.350 e. The third-order valence-corrected chi connectivity index (χ3v) is 4.49. The van der Waals surface area contributed by atoms with E-state index in [2.05, 4.69) is 5.32 Å². The molecule has 6 heteroatoms. The van der Waals surface area contributed by atoms with Gasteiger partial charge in [-0.05, 0) is 37.5 Å². The summed E-state index contributed by atoms with van der Waals surface area (Å²) in [4.78, 5) is 11.9. The molecule has 19 heavy (non-hydrogen) atoms. The van der Waals surface area contributed by atoms with E-state index in [1.165, 1.54) is 31.0 Å². The van der Waals surface area contributed by atoms with Gasteiger partial charge in [-0.3, -0.25) is 4.79 Å². The predicted octanol–water partition coefficient (Wildman–Crippen LogP) is 2.53. The van der Waals surface area contributed by atoms with Crippen molar-refractivity contribution in [1.29, 1.82) is 0 Å². The van der Waals surface area contributed by atoms with Crippen molar-refractivity contribution in [3.05, 3.63) is 29.8 Å². The van der Waals surface area contributed by atoms with Crippen LogP contribution in [0.25, 0.3) is 0 Å². The Hall–Kier alpha value is -1.07. The van der Waals surface area contributed by atoms with Gasteiger partial charge in [0, 0.05) is 22.3 Å². The smallest absolute Gasteiger partial charge is 0.261 e. The molecule has 1 fully saturated rings. The number of nitrogens with one attached hydrogen (secondary N) is 1. The van der Waals surface area contributed by atoms with Gasteiger partial charge in [0.25, 0.3) is 15.0 Å². The predicted molar refractivity (Wildman–Crippen MR) is 73.8 cm³/mol. The van der Waals surface area contributed by atoms with Crippen LogP contribution in [0.3, 0.4) is 0 Å². The van der Waals surface area contributed by atoms with Gasteiger partial charge in [0.05, 0.1) is 4.90 Å². The first kappa shape index (κ1) is 14.3. The minimum absolute atomic E-state index is 0.0586. The Morgan fingerprint density at radius 3 is 2.74 bits per heavy atom. The van der Waals surface area contributed by atoms with Crippen molar-refractivity contribution in [3.63, 3.8) is 0 Å². The van der Waals surface area contributed by atoms with E-state index in [9.17, 15) is 13.2 Å². The molecule has 0 aromatic heterocycles. The Bertz CT molecular complexity index is 581. The van der Waals surface area contributed by atoms with E-state index in [1.807, 2.05) is 6.92 Å². The summed E-state index contributed by atoms with van der Waals surface area (Å²) >= 11 is 0. The van der Waals surface area contributed by atoms with Crippen LogP contribution in [-0.2, 0) is 9.05 Å². The quantitative estimate of drug-likeness (QED) is 0.850. The van der Waals surface area contributed by atoms with Crippen LogP contribution in [0.15, 0.2) is 29.2 Å². The Labute approximate surface area is 117 Å². The SMILES string of the molecule is CC(CC1CC1)NC(=O)c1cccc(S(=O)(=O)Cl)c1. The number of amides is 1. The van der Waals surface area contributed by atoms with E-state index in [1.54, 1.807) is 6.07 Å². The maximum Gasteiger partial charge on any atom is 0.261 e. The minimum atomic E-state index is -3.80. The zero-order valence-electron chi connectivity index (χ0n) is 10.6. The number of halogens is 1. The van der Waals surface area contributed by atoms with Crippen LogP contribution in [0.4, 0.5) is 0 Å². The molecule has 0 heterocycles. The van der Waals surface area contributed by atoms with Crippen molar-refractivity contribution in [2.24, 2.45) is 5.92 Å². The Kier molecular flexibility index (Phi) is 4.16. The standard InChI is InChI=1S/C13H16ClNO3S/c1-9(7-10-5-6-10)15-13(16)11-3-2-4-12(8-11)19(14,17)18/h2-4,8-10H,5-7H2,1H3,(H,15,16). The van der Waals surface area contributed by atoms with Crippen molar-refractivity contribution in [1.82, 2.24) is 5.32 Å². The van der Waals surface area contributed by atoms with Crippen LogP contribution < -0.4 is 5.32 Å². The molecule has 1 amide bonds. The Morgan fingerprint density at radius 2 is 2.16 bits per heavy atom. The first-order valence-corrected chi connectivity index (χ1v) is 8.53. The number of hydrogen-bond acceptors (Lipinski definition) is 3. The lowest BCUT2D eigenvalue weighted by Gasteiger charge is -2.13. The maximum atomic E-state index is 12.0. The van der Waals surface area contributed by atoms with Crippen LogP contribution in [0, 0.1) is 5.92 Å². The zero-order chi connectivity index (χ0) is 14.0. The summed E-state index contributed by atoms with van der Waals surface area (Å²) in [6, 6.07) is 5.84. The number of hydrogen-bond donors (Lipinski definition) is 1. The van der Waals surface area contributed by atoms with E-state index >= 15 is 0 Å². The Balaban J connectivity index is 2.06. The second-order valence-electron chi connectivity index (χ2n) is 5.02. The van der Waals surface area contributed by atoms with Gasteiger partial charge >= 0.3 is 0 Å². The summed E-state index contributed by atoms with van der Waals surface area (Å²) < 4.78 is 22.4. The molecule has 0 radical (unpaired) electrons. The summed E-state index contributed by atoms with van der Waals surface area (Å²) in [7, 11) is 1.45. The molecule has 1 unspecified atom stereocenters. The van der Waals surface area contributed by atoms with Crippen LogP contribution in [0.1, 0.15) is 36.5 Å². The Morgan fingerprint density at radius 1 is 1.47 bits per heavy atom. The molecule has 1 aromatic carbocycles. The summed E-state index contributed by atoms with van der Waals surface area (Å²) in [5.41, 5.74) is 0.310. The van der Waals surface area contributed by atoms with Gasteiger partial charge in [-0.1, -0.05) is 18.9 Å². The number of carbonyl (C=O) groups excluding carboxylic acids is 1. The van der Waals surface area contributed by atoms with Gasteiger partial charge in [0.15, 0.2) is 0 Å². The van der Waals surface area contributed by atoms with Crippen molar-refractivity contribution in [2.45, 2.75) is 37.1 Å². The van der Waals surface area contributed by atoms with E-state index in [-0.39, 0.29) is 16.8 Å². The molecule has 1 aromatic rings. The van der Waals surface area contributed by atoms with Crippen molar-refractivity contribution in [3.8, 4) is 0 Å². The van der Waals surface area contributed by atoms with Gasteiger partial charge in [-0.25, -0.2) is 8.42 Å². The normalized spacial score (nSPS) is 16.9. The number of benzene rings is 1. The molecule has 1 aliphatic rings. The molecule has 1 atom stereocenters. The monoisotopic (exact) mass is 301 g/mol. The second kappa shape index (κ2) is 5.51.